The number of aliphatic hydroxyl groups is 1. The van der Waals surface area contributed by atoms with Gasteiger partial charge in [0.15, 0.2) is 0 Å². The molecule has 0 unspecified atom stereocenters. The number of carbonyl (C=O) groups excluding carboxylic acids is 1. The summed E-state index contributed by atoms with van der Waals surface area (Å²) in [6, 6.07) is 11.5. The van der Waals surface area contributed by atoms with Crippen molar-refractivity contribution in [1.82, 2.24) is 5.32 Å². The molecule has 1 saturated heterocycles. The van der Waals surface area contributed by atoms with Crippen LogP contribution in [0.4, 0.5) is 20.6 Å². The van der Waals surface area contributed by atoms with Crippen LogP contribution in [0.3, 0.4) is 0 Å². The first kappa shape index (κ1) is 19.5. The smallest absolute Gasteiger partial charge is 0.319 e. The fourth-order valence-electron chi connectivity index (χ4n) is 3.14. The van der Waals surface area contributed by atoms with Gasteiger partial charge in [0, 0.05) is 31.9 Å². The van der Waals surface area contributed by atoms with Gasteiger partial charge in [-0.2, -0.15) is 0 Å². The lowest BCUT2D eigenvalue weighted by Crippen LogP contribution is -2.34. The SMILES string of the molecule is O=C(NCc1ccc(N2CCC(CO)CC2)cc1)Nc1ccc(F)cc1Cl. The van der Waals surface area contributed by atoms with Gasteiger partial charge in [-0.15, -0.1) is 0 Å². The molecule has 0 bridgehead atoms. The fourth-order valence-corrected chi connectivity index (χ4v) is 3.35. The third-order valence-electron chi connectivity index (χ3n) is 4.81. The van der Waals surface area contributed by atoms with E-state index in [9.17, 15) is 14.3 Å². The van der Waals surface area contributed by atoms with Crippen molar-refractivity contribution in [3.05, 3.63) is 58.9 Å². The maximum absolute atomic E-state index is 13.0. The number of nitrogens with zero attached hydrogens (tertiary/aromatic N) is 1. The zero-order chi connectivity index (χ0) is 19.2. The number of nitrogens with one attached hydrogen (secondary N) is 2. The largest absolute Gasteiger partial charge is 0.396 e. The van der Waals surface area contributed by atoms with Gasteiger partial charge < -0.3 is 20.6 Å². The van der Waals surface area contributed by atoms with Gasteiger partial charge in [0.1, 0.15) is 5.82 Å². The minimum absolute atomic E-state index is 0.152. The van der Waals surface area contributed by atoms with Gasteiger partial charge in [-0.1, -0.05) is 23.7 Å². The summed E-state index contributed by atoms with van der Waals surface area (Å²) in [5, 5.41) is 14.7. The molecule has 144 valence electrons. The van der Waals surface area contributed by atoms with Crippen molar-refractivity contribution in [2.45, 2.75) is 19.4 Å². The van der Waals surface area contributed by atoms with Crippen LogP contribution in [0.15, 0.2) is 42.5 Å². The summed E-state index contributed by atoms with van der Waals surface area (Å²) in [5.41, 5.74) is 2.49. The van der Waals surface area contributed by atoms with Gasteiger partial charge in [0.25, 0.3) is 0 Å². The van der Waals surface area contributed by atoms with Crippen molar-refractivity contribution in [1.29, 1.82) is 0 Å². The first-order chi connectivity index (χ1) is 13.0. The Bertz CT molecular complexity index is 777. The standard InChI is InChI=1S/C20H23ClFN3O2/c21-18-11-16(22)3-6-19(18)24-20(27)23-12-14-1-4-17(5-2-14)25-9-7-15(13-26)8-10-25/h1-6,11,15,26H,7-10,12-13H2,(H2,23,24,27). The van der Waals surface area contributed by atoms with Crippen LogP contribution >= 0.6 is 11.6 Å². The number of benzene rings is 2. The summed E-state index contributed by atoms with van der Waals surface area (Å²) in [7, 11) is 0. The van der Waals surface area contributed by atoms with Crippen molar-refractivity contribution in [2.24, 2.45) is 5.92 Å². The molecule has 0 aromatic heterocycles. The van der Waals surface area contributed by atoms with E-state index >= 15 is 0 Å². The lowest BCUT2D eigenvalue weighted by molar-refractivity contribution is 0.203. The molecule has 1 aliphatic heterocycles. The third kappa shape index (κ3) is 5.34. The van der Waals surface area contributed by atoms with E-state index in [0.717, 1.165) is 43.2 Å². The minimum Gasteiger partial charge on any atom is -0.396 e. The second-order valence-corrected chi connectivity index (χ2v) is 7.12. The molecule has 3 N–H and O–H groups in total. The molecule has 5 nitrogen and oxygen atoms in total. The quantitative estimate of drug-likeness (QED) is 0.721. The van der Waals surface area contributed by atoms with Crippen LogP contribution in [0, 0.1) is 11.7 Å². The number of urea groups is 1. The number of carbonyl (C=O) groups is 1. The van der Waals surface area contributed by atoms with Gasteiger partial charge >= 0.3 is 6.03 Å². The summed E-state index contributed by atoms with van der Waals surface area (Å²) in [4.78, 5) is 14.3. The first-order valence-corrected chi connectivity index (χ1v) is 9.37. The van der Waals surface area contributed by atoms with E-state index in [4.69, 9.17) is 11.6 Å². The van der Waals surface area contributed by atoms with Crippen molar-refractivity contribution in [2.75, 3.05) is 29.9 Å². The summed E-state index contributed by atoms with van der Waals surface area (Å²) in [6.45, 7) is 2.54. The van der Waals surface area contributed by atoms with E-state index < -0.39 is 11.8 Å². The Labute approximate surface area is 163 Å². The molecule has 3 rings (SSSR count). The number of hydrogen-bond acceptors (Lipinski definition) is 3. The highest BCUT2D eigenvalue weighted by Crippen LogP contribution is 2.24. The van der Waals surface area contributed by atoms with Crippen LogP contribution in [0.5, 0.6) is 0 Å². The van der Waals surface area contributed by atoms with Crippen molar-refractivity contribution in [3.63, 3.8) is 0 Å². The van der Waals surface area contributed by atoms with Gasteiger partial charge in [0.2, 0.25) is 0 Å². The van der Waals surface area contributed by atoms with E-state index in [1.165, 1.54) is 12.1 Å². The minimum atomic E-state index is -0.452. The first-order valence-electron chi connectivity index (χ1n) is 9.00. The molecule has 7 heteroatoms. The number of rotatable bonds is 5. The van der Waals surface area contributed by atoms with E-state index in [2.05, 4.69) is 15.5 Å². The van der Waals surface area contributed by atoms with Crippen molar-refractivity contribution >= 4 is 29.0 Å². The Morgan fingerprint density at radius 2 is 1.89 bits per heavy atom. The predicted octanol–water partition coefficient (Wildman–Crippen LogP) is 4.01. The molecule has 2 aromatic rings. The molecular weight excluding hydrogens is 369 g/mol. The van der Waals surface area contributed by atoms with Gasteiger partial charge in [-0.25, -0.2) is 9.18 Å². The molecule has 1 heterocycles. The Kier molecular flexibility index (Phi) is 6.53. The van der Waals surface area contributed by atoms with Gasteiger partial charge in [-0.3, -0.25) is 0 Å². The summed E-state index contributed by atoms with van der Waals surface area (Å²) in [6.07, 6.45) is 2.01. The zero-order valence-electron chi connectivity index (χ0n) is 14.9. The molecule has 0 radical (unpaired) electrons. The molecule has 2 aromatic carbocycles. The number of hydrogen-bond donors (Lipinski definition) is 3. The second-order valence-electron chi connectivity index (χ2n) is 6.71. The summed E-state index contributed by atoms with van der Waals surface area (Å²) in [5.74, 6) is -0.0375. The number of piperidine rings is 1. The van der Waals surface area contributed by atoms with Crippen LogP contribution in [0.1, 0.15) is 18.4 Å². The maximum Gasteiger partial charge on any atom is 0.319 e. The van der Waals surface area contributed by atoms with Crippen LogP contribution in [-0.4, -0.2) is 30.8 Å². The monoisotopic (exact) mass is 391 g/mol. The third-order valence-corrected chi connectivity index (χ3v) is 5.12. The van der Waals surface area contributed by atoms with E-state index in [0.29, 0.717) is 18.2 Å². The fraction of sp³-hybridized carbons (Fsp3) is 0.350. The average molecular weight is 392 g/mol. The van der Waals surface area contributed by atoms with E-state index in [1.54, 1.807) is 0 Å². The van der Waals surface area contributed by atoms with Crippen LogP contribution in [0.2, 0.25) is 5.02 Å². The Balaban J connectivity index is 1.49. The lowest BCUT2D eigenvalue weighted by atomic mass is 9.97. The number of aliphatic hydroxyl groups excluding tert-OH is 1. The topological polar surface area (TPSA) is 64.6 Å². The highest BCUT2D eigenvalue weighted by molar-refractivity contribution is 6.33. The molecule has 0 atom stereocenters. The molecule has 0 spiro atoms. The van der Waals surface area contributed by atoms with Crippen LogP contribution < -0.4 is 15.5 Å². The predicted molar refractivity (Wildman–Crippen MR) is 106 cm³/mol. The molecule has 0 saturated carbocycles. The normalized spacial score (nSPS) is 14.9. The molecule has 1 fully saturated rings. The molecule has 1 aliphatic rings. The van der Waals surface area contributed by atoms with Gasteiger partial charge in [0.05, 0.1) is 10.7 Å². The Morgan fingerprint density at radius 1 is 1.19 bits per heavy atom. The highest BCUT2D eigenvalue weighted by Gasteiger charge is 2.18. The zero-order valence-corrected chi connectivity index (χ0v) is 15.7. The highest BCUT2D eigenvalue weighted by atomic mass is 35.5. The van der Waals surface area contributed by atoms with Crippen molar-refractivity contribution in [3.8, 4) is 0 Å². The van der Waals surface area contributed by atoms with Gasteiger partial charge in [-0.05, 0) is 54.7 Å². The summed E-state index contributed by atoms with van der Waals surface area (Å²) >= 11 is 5.90. The number of halogens is 2. The summed E-state index contributed by atoms with van der Waals surface area (Å²) < 4.78 is 13.0. The molecule has 0 aliphatic carbocycles. The second kappa shape index (κ2) is 9.06. The van der Waals surface area contributed by atoms with E-state index in [1.807, 2.05) is 24.3 Å². The van der Waals surface area contributed by atoms with Crippen LogP contribution in [-0.2, 0) is 6.54 Å². The average Bonchev–Trinajstić information content (AvgIpc) is 2.69. The maximum atomic E-state index is 13.0. The Hall–Kier alpha value is -2.31. The molecular formula is C20H23ClFN3O2. The number of anilines is 2. The number of amides is 2. The molecule has 2 amide bonds. The van der Waals surface area contributed by atoms with E-state index in [-0.39, 0.29) is 11.6 Å². The molecule has 27 heavy (non-hydrogen) atoms. The van der Waals surface area contributed by atoms with Crippen LogP contribution in [0.25, 0.3) is 0 Å². The lowest BCUT2D eigenvalue weighted by Gasteiger charge is -2.33. The van der Waals surface area contributed by atoms with Crippen molar-refractivity contribution < 1.29 is 14.3 Å². The Morgan fingerprint density at radius 3 is 2.52 bits per heavy atom.